The van der Waals surface area contributed by atoms with E-state index in [0.717, 1.165) is 22.9 Å². The van der Waals surface area contributed by atoms with Gasteiger partial charge in [-0.3, -0.25) is 14.9 Å². The minimum absolute atomic E-state index is 0.0943. The van der Waals surface area contributed by atoms with Crippen molar-refractivity contribution in [3.63, 3.8) is 0 Å². The van der Waals surface area contributed by atoms with Crippen LogP contribution in [0.2, 0.25) is 5.02 Å². The van der Waals surface area contributed by atoms with E-state index in [1.54, 1.807) is 0 Å². The zero-order valence-corrected chi connectivity index (χ0v) is 11.2. The van der Waals surface area contributed by atoms with Crippen molar-refractivity contribution in [3.05, 3.63) is 72.9 Å². The second-order valence-corrected chi connectivity index (χ2v) is 4.74. The Balaban J connectivity index is 2.46. The van der Waals surface area contributed by atoms with Crippen LogP contribution in [0, 0.1) is 22.9 Å². The number of hydrogen-bond donors (Lipinski definition) is 0. The van der Waals surface area contributed by atoms with E-state index >= 15 is 0 Å². The maximum Gasteiger partial charge on any atom is 0.288 e. The van der Waals surface area contributed by atoms with Gasteiger partial charge in [-0.15, -0.1) is 0 Å². The van der Waals surface area contributed by atoms with Crippen molar-refractivity contribution in [2.75, 3.05) is 0 Å². The first-order valence-corrected chi connectivity index (χ1v) is 6.05. The van der Waals surface area contributed by atoms with Crippen LogP contribution in [0.25, 0.3) is 0 Å². The standard InChI is InChI=1S/C13H10ClFN2O3/c1-8-4-13(18)16(7-12(8)17(19)20)6-9-2-3-10(14)5-11(9)15/h2-5,7H,6H2,1H3. The molecule has 0 amide bonds. The summed E-state index contributed by atoms with van der Waals surface area (Å²) in [5.74, 6) is -0.562. The Morgan fingerprint density at radius 1 is 1.40 bits per heavy atom. The average Bonchev–Trinajstić information content (AvgIpc) is 2.35. The van der Waals surface area contributed by atoms with Crippen molar-refractivity contribution in [2.45, 2.75) is 13.5 Å². The second-order valence-electron chi connectivity index (χ2n) is 4.30. The number of benzene rings is 1. The van der Waals surface area contributed by atoms with Crippen LogP contribution in [0.15, 0.2) is 35.3 Å². The van der Waals surface area contributed by atoms with Crippen LogP contribution in [-0.4, -0.2) is 9.49 Å². The predicted molar refractivity (Wildman–Crippen MR) is 72.6 cm³/mol. The quantitative estimate of drug-likeness (QED) is 0.646. The fourth-order valence-corrected chi connectivity index (χ4v) is 1.96. The Morgan fingerprint density at radius 3 is 2.70 bits per heavy atom. The number of nitrogens with zero attached hydrogens (tertiary/aromatic N) is 2. The molecule has 0 unspecified atom stereocenters. The smallest absolute Gasteiger partial charge is 0.288 e. The summed E-state index contributed by atoms with van der Waals surface area (Å²) >= 11 is 5.64. The third-order valence-electron chi connectivity index (χ3n) is 2.86. The molecule has 104 valence electrons. The highest BCUT2D eigenvalue weighted by Crippen LogP contribution is 2.17. The van der Waals surface area contributed by atoms with E-state index in [1.165, 1.54) is 19.1 Å². The summed E-state index contributed by atoms with van der Waals surface area (Å²) in [6.45, 7) is 1.38. The average molecular weight is 297 g/mol. The molecule has 0 saturated heterocycles. The van der Waals surface area contributed by atoms with Crippen LogP contribution in [0.1, 0.15) is 11.1 Å². The van der Waals surface area contributed by atoms with E-state index in [1.807, 2.05) is 0 Å². The highest BCUT2D eigenvalue weighted by molar-refractivity contribution is 6.30. The van der Waals surface area contributed by atoms with E-state index in [4.69, 9.17) is 11.6 Å². The first-order valence-electron chi connectivity index (χ1n) is 5.68. The largest absolute Gasteiger partial charge is 0.304 e. The number of nitro groups is 1. The minimum Gasteiger partial charge on any atom is -0.304 e. The Morgan fingerprint density at radius 2 is 2.10 bits per heavy atom. The molecule has 7 heteroatoms. The summed E-state index contributed by atoms with van der Waals surface area (Å²) in [6, 6.07) is 5.22. The Bertz CT molecular complexity index is 743. The van der Waals surface area contributed by atoms with Gasteiger partial charge < -0.3 is 4.57 Å². The molecule has 0 spiro atoms. The zero-order chi connectivity index (χ0) is 14.9. The normalized spacial score (nSPS) is 10.6. The molecule has 1 aromatic carbocycles. The molecule has 20 heavy (non-hydrogen) atoms. The lowest BCUT2D eigenvalue weighted by Crippen LogP contribution is -2.21. The molecule has 0 N–H and O–H groups in total. The summed E-state index contributed by atoms with van der Waals surface area (Å²) in [6.07, 6.45) is 1.12. The number of pyridine rings is 1. The van der Waals surface area contributed by atoms with Crippen LogP contribution in [0.5, 0.6) is 0 Å². The molecule has 0 aliphatic rings. The minimum atomic E-state index is -0.580. The SMILES string of the molecule is Cc1cc(=O)n(Cc2ccc(Cl)cc2F)cc1[N+](=O)[O-]. The molecule has 5 nitrogen and oxygen atoms in total. The number of rotatable bonds is 3. The van der Waals surface area contributed by atoms with Crippen LogP contribution in [0.3, 0.4) is 0 Å². The van der Waals surface area contributed by atoms with Crippen molar-refractivity contribution in [1.29, 1.82) is 0 Å². The monoisotopic (exact) mass is 296 g/mol. The van der Waals surface area contributed by atoms with Crippen molar-refractivity contribution in [2.24, 2.45) is 0 Å². The van der Waals surface area contributed by atoms with Gasteiger partial charge in [0.25, 0.3) is 11.2 Å². The van der Waals surface area contributed by atoms with Crippen LogP contribution >= 0.6 is 11.6 Å². The first-order chi connectivity index (χ1) is 9.38. The Kier molecular flexibility index (Phi) is 3.85. The molecule has 0 radical (unpaired) electrons. The number of hydrogen-bond acceptors (Lipinski definition) is 3. The molecule has 0 fully saturated rings. The van der Waals surface area contributed by atoms with Gasteiger partial charge in [0.2, 0.25) is 0 Å². The molecule has 2 aromatic rings. The van der Waals surface area contributed by atoms with Gasteiger partial charge in [-0.1, -0.05) is 17.7 Å². The van der Waals surface area contributed by atoms with Crippen molar-refractivity contribution >= 4 is 17.3 Å². The topological polar surface area (TPSA) is 65.1 Å². The third-order valence-corrected chi connectivity index (χ3v) is 3.09. The van der Waals surface area contributed by atoms with E-state index in [9.17, 15) is 19.3 Å². The third kappa shape index (κ3) is 2.85. The number of aryl methyl sites for hydroxylation is 1. The molecular formula is C13H10ClFN2O3. The molecule has 1 aromatic heterocycles. The maximum absolute atomic E-state index is 13.7. The summed E-state index contributed by atoms with van der Waals surface area (Å²) in [5.41, 5.74) is -0.107. The lowest BCUT2D eigenvalue weighted by atomic mass is 10.2. The van der Waals surface area contributed by atoms with Gasteiger partial charge >= 0.3 is 0 Å². The molecular weight excluding hydrogens is 287 g/mol. The maximum atomic E-state index is 13.7. The Hall–Kier alpha value is -2.21. The summed E-state index contributed by atoms with van der Waals surface area (Å²) in [5, 5.41) is 11.1. The molecule has 0 aliphatic heterocycles. The van der Waals surface area contributed by atoms with Gasteiger partial charge in [0.15, 0.2) is 0 Å². The molecule has 0 bridgehead atoms. The van der Waals surface area contributed by atoms with Crippen molar-refractivity contribution < 1.29 is 9.31 Å². The van der Waals surface area contributed by atoms with E-state index < -0.39 is 16.3 Å². The number of aromatic nitrogens is 1. The first kappa shape index (κ1) is 14.2. The molecule has 0 aliphatic carbocycles. The van der Waals surface area contributed by atoms with Gasteiger partial charge in [-0.25, -0.2) is 4.39 Å². The van der Waals surface area contributed by atoms with Crippen LogP contribution in [-0.2, 0) is 6.54 Å². The van der Waals surface area contributed by atoms with Crippen molar-refractivity contribution in [1.82, 2.24) is 4.57 Å². The molecule has 2 rings (SSSR count). The fourth-order valence-electron chi connectivity index (χ4n) is 1.80. The van der Waals surface area contributed by atoms with Crippen LogP contribution in [0.4, 0.5) is 10.1 Å². The van der Waals surface area contributed by atoms with Gasteiger partial charge in [-0.05, 0) is 19.1 Å². The van der Waals surface area contributed by atoms with Gasteiger partial charge in [0.05, 0.1) is 17.7 Å². The molecule has 1 heterocycles. The lowest BCUT2D eigenvalue weighted by Gasteiger charge is -2.08. The van der Waals surface area contributed by atoms with Crippen molar-refractivity contribution in [3.8, 4) is 0 Å². The highest BCUT2D eigenvalue weighted by Gasteiger charge is 2.14. The summed E-state index contributed by atoms with van der Waals surface area (Å²) < 4.78 is 14.8. The van der Waals surface area contributed by atoms with E-state index in [0.29, 0.717) is 0 Å². The van der Waals surface area contributed by atoms with Gasteiger partial charge in [0.1, 0.15) is 5.82 Å². The summed E-state index contributed by atoms with van der Waals surface area (Å²) in [7, 11) is 0. The second kappa shape index (κ2) is 5.42. The lowest BCUT2D eigenvalue weighted by molar-refractivity contribution is -0.385. The number of halogens is 2. The highest BCUT2D eigenvalue weighted by atomic mass is 35.5. The van der Waals surface area contributed by atoms with Gasteiger partial charge in [0, 0.05) is 22.2 Å². The molecule has 0 saturated carbocycles. The van der Waals surface area contributed by atoms with Gasteiger partial charge in [-0.2, -0.15) is 0 Å². The summed E-state index contributed by atoms with van der Waals surface area (Å²) in [4.78, 5) is 22.1. The van der Waals surface area contributed by atoms with Crippen LogP contribution < -0.4 is 5.56 Å². The zero-order valence-electron chi connectivity index (χ0n) is 10.5. The van der Waals surface area contributed by atoms with E-state index in [2.05, 4.69) is 0 Å². The predicted octanol–water partition coefficient (Wildman–Crippen LogP) is 2.91. The van der Waals surface area contributed by atoms with E-state index in [-0.39, 0.29) is 28.4 Å². The Labute approximate surface area is 118 Å². The fraction of sp³-hybridized carbons (Fsp3) is 0.154. The molecule has 0 atom stereocenters.